The number of carbonyl (C=O) groups excluding carboxylic acids is 1. The first-order valence-corrected chi connectivity index (χ1v) is 5.73. The molecule has 1 aliphatic heterocycles. The van der Waals surface area contributed by atoms with Gasteiger partial charge in [-0.3, -0.25) is 9.59 Å². The molecular weight excluding hydrogens is 226 g/mol. The lowest BCUT2D eigenvalue weighted by atomic mass is 10.1. The molecule has 1 heterocycles. The van der Waals surface area contributed by atoms with Crippen LogP contribution in [0.25, 0.3) is 0 Å². The SMILES string of the molecule is COCCCC(=O)N1CCOCC1CC(=O)O. The molecule has 0 bridgehead atoms. The normalized spacial score (nSPS) is 20.3. The second kappa shape index (κ2) is 7.24. The van der Waals surface area contributed by atoms with Crippen LogP contribution in [0, 0.1) is 0 Å². The maximum atomic E-state index is 11.9. The summed E-state index contributed by atoms with van der Waals surface area (Å²) in [6, 6.07) is -0.337. The monoisotopic (exact) mass is 245 g/mol. The summed E-state index contributed by atoms with van der Waals surface area (Å²) < 4.78 is 10.1. The first-order valence-electron chi connectivity index (χ1n) is 5.73. The van der Waals surface area contributed by atoms with Crippen molar-refractivity contribution in [2.24, 2.45) is 0 Å². The summed E-state index contributed by atoms with van der Waals surface area (Å²) in [5.41, 5.74) is 0. The minimum absolute atomic E-state index is 0.0170. The molecule has 1 aliphatic rings. The molecule has 1 fully saturated rings. The Kier molecular flexibility index (Phi) is 5.93. The maximum absolute atomic E-state index is 11.9. The van der Waals surface area contributed by atoms with E-state index >= 15 is 0 Å². The fourth-order valence-electron chi connectivity index (χ4n) is 1.87. The Morgan fingerprint density at radius 1 is 1.53 bits per heavy atom. The summed E-state index contributed by atoms with van der Waals surface area (Å²) in [6.45, 7) is 1.80. The van der Waals surface area contributed by atoms with Crippen molar-refractivity contribution in [2.45, 2.75) is 25.3 Å². The van der Waals surface area contributed by atoms with Crippen LogP contribution in [0.15, 0.2) is 0 Å². The van der Waals surface area contributed by atoms with E-state index in [0.29, 0.717) is 39.2 Å². The van der Waals surface area contributed by atoms with Crippen LogP contribution < -0.4 is 0 Å². The average Bonchev–Trinajstić information content (AvgIpc) is 2.29. The molecular formula is C11H19NO5. The van der Waals surface area contributed by atoms with Crippen molar-refractivity contribution in [3.63, 3.8) is 0 Å². The van der Waals surface area contributed by atoms with Crippen molar-refractivity contribution in [3.05, 3.63) is 0 Å². The molecule has 0 spiro atoms. The summed E-state index contributed by atoms with van der Waals surface area (Å²) in [6.07, 6.45) is 0.993. The molecule has 0 aromatic heterocycles. The molecule has 1 amide bonds. The molecule has 0 saturated carbocycles. The minimum Gasteiger partial charge on any atom is -0.481 e. The number of amides is 1. The number of carboxylic acid groups (broad SMARTS) is 1. The molecule has 17 heavy (non-hydrogen) atoms. The number of carbonyl (C=O) groups is 2. The Morgan fingerprint density at radius 2 is 2.29 bits per heavy atom. The molecule has 1 unspecified atom stereocenters. The van der Waals surface area contributed by atoms with E-state index in [9.17, 15) is 9.59 Å². The number of methoxy groups -OCH3 is 1. The van der Waals surface area contributed by atoms with Gasteiger partial charge in [0.25, 0.3) is 0 Å². The zero-order valence-electron chi connectivity index (χ0n) is 10.1. The molecule has 0 aromatic rings. The van der Waals surface area contributed by atoms with E-state index < -0.39 is 5.97 Å². The summed E-state index contributed by atoms with van der Waals surface area (Å²) >= 11 is 0. The van der Waals surface area contributed by atoms with Crippen molar-refractivity contribution >= 4 is 11.9 Å². The Hall–Kier alpha value is -1.14. The molecule has 1 N–H and O–H groups in total. The van der Waals surface area contributed by atoms with Crippen LogP contribution in [0.2, 0.25) is 0 Å². The van der Waals surface area contributed by atoms with Crippen LogP contribution >= 0.6 is 0 Å². The van der Waals surface area contributed by atoms with Crippen LogP contribution in [0.1, 0.15) is 19.3 Å². The highest BCUT2D eigenvalue weighted by atomic mass is 16.5. The number of aliphatic carboxylic acids is 1. The summed E-state index contributed by atoms with van der Waals surface area (Å²) in [7, 11) is 1.59. The van der Waals surface area contributed by atoms with Crippen molar-refractivity contribution in [1.82, 2.24) is 4.90 Å². The van der Waals surface area contributed by atoms with Gasteiger partial charge in [0.15, 0.2) is 0 Å². The van der Waals surface area contributed by atoms with Crippen LogP contribution in [-0.2, 0) is 19.1 Å². The van der Waals surface area contributed by atoms with Crippen molar-refractivity contribution < 1.29 is 24.2 Å². The molecule has 1 saturated heterocycles. The number of rotatable bonds is 6. The number of morpholine rings is 1. The molecule has 1 rings (SSSR count). The second-order valence-electron chi connectivity index (χ2n) is 4.01. The first kappa shape index (κ1) is 13.9. The van der Waals surface area contributed by atoms with Gasteiger partial charge >= 0.3 is 5.97 Å². The van der Waals surface area contributed by atoms with Crippen molar-refractivity contribution in [1.29, 1.82) is 0 Å². The van der Waals surface area contributed by atoms with Gasteiger partial charge in [-0.1, -0.05) is 0 Å². The molecule has 6 nitrogen and oxygen atoms in total. The van der Waals surface area contributed by atoms with E-state index in [0.717, 1.165) is 0 Å². The van der Waals surface area contributed by atoms with Gasteiger partial charge in [0.1, 0.15) is 0 Å². The number of ether oxygens (including phenoxy) is 2. The Bertz CT molecular complexity index is 269. The third-order valence-electron chi connectivity index (χ3n) is 2.70. The van der Waals surface area contributed by atoms with Crippen molar-refractivity contribution in [3.8, 4) is 0 Å². The highest BCUT2D eigenvalue weighted by molar-refractivity contribution is 5.77. The van der Waals surface area contributed by atoms with Crippen LogP contribution in [0.5, 0.6) is 0 Å². The lowest BCUT2D eigenvalue weighted by Crippen LogP contribution is -2.49. The van der Waals surface area contributed by atoms with E-state index in [1.807, 2.05) is 0 Å². The largest absolute Gasteiger partial charge is 0.481 e. The van der Waals surface area contributed by atoms with Gasteiger partial charge < -0.3 is 19.5 Å². The van der Waals surface area contributed by atoms with Gasteiger partial charge in [0.05, 0.1) is 25.7 Å². The zero-order chi connectivity index (χ0) is 12.7. The third-order valence-corrected chi connectivity index (χ3v) is 2.70. The fraction of sp³-hybridized carbons (Fsp3) is 0.818. The van der Waals surface area contributed by atoms with E-state index in [1.54, 1.807) is 12.0 Å². The van der Waals surface area contributed by atoms with Gasteiger partial charge in [0.2, 0.25) is 5.91 Å². The van der Waals surface area contributed by atoms with Crippen LogP contribution in [0.3, 0.4) is 0 Å². The van der Waals surface area contributed by atoms with E-state index in [1.165, 1.54) is 0 Å². The van der Waals surface area contributed by atoms with Gasteiger partial charge in [-0.05, 0) is 6.42 Å². The highest BCUT2D eigenvalue weighted by Gasteiger charge is 2.28. The Balaban J connectivity index is 2.45. The lowest BCUT2D eigenvalue weighted by Gasteiger charge is -2.34. The topological polar surface area (TPSA) is 76.1 Å². The molecule has 0 aromatic carbocycles. The average molecular weight is 245 g/mol. The molecule has 98 valence electrons. The fourth-order valence-corrected chi connectivity index (χ4v) is 1.87. The Labute approximate surface area is 100 Å². The smallest absolute Gasteiger partial charge is 0.305 e. The van der Waals surface area contributed by atoms with Gasteiger partial charge in [0, 0.05) is 26.7 Å². The number of nitrogens with zero attached hydrogens (tertiary/aromatic N) is 1. The van der Waals surface area contributed by atoms with E-state index in [4.69, 9.17) is 14.6 Å². The summed E-state index contributed by atoms with van der Waals surface area (Å²) in [5.74, 6) is -0.924. The standard InChI is InChI=1S/C11H19NO5/c1-16-5-2-3-10(13)12-4-6-17-8-9(12)7-11(14)15/h9H,2-8H2,1H3,(H,14,15). The lowest BCUT2D eigenvalue weighted by molar-refractivity contribution is -0.146. The molecule has 1 atom stereocenters. The zero-order valence-corrected chi connectivity index (χ0v) is 10.1. The predicted molar refractivity (Wildman–Crippen MR) is 59.7 cm³/mol. The summed E-state index contributed by atoms with van der Waals surface area (Å²) in [4.78, 5) is 24.2. The number of carboxylic acids is 1. The van der Waals surface area contributed by atoms with E-state index in [2.05, 4.69) is 0 Å². The molecule has 0 radical (unpaired) electrons. The maximum Gasteiger partial charge on any atom is 0.305 e. The second-order valence-corrected chi connectivity index (χ2v) is 4.01. The third kappa shape index (κ3) is 4.70. The van der Waals surface area contributed by atoms with E-state index in [-0.39, 0.29) is 18.4 Å². The van der Waals surface area contributed by atoms with Crippen LogP contribution in [-0.4, -0.2) is 61.4 Å². The summed E-state index contributed by atoms with van der Waals surface area (Å²) in [5, 5.41) is 8.77. The van der Waals surface area contributed by atoms with Gasteiger partial charge in [-0.15, -0.1) is 0 Å². The number of hydrogen-bond acceptors (Lipinski definition) is 4. The minimum atomic E-state index is -0.907. The highest BCUT2D eigenvalue weighted by Crippen LogP contribution is 2.13. The quantitative estimate of drug-likeness (QED) is 0.672. The van der Waals surface area contributed by atoms with Gasteiger partial charge in [-0.2, -0.15) is 0 Å². The van der Waals surface area contributed by atoms with Crippen LogP contribution in [0.4, 0.5) is 0 Å². The van der Waals surface area contributed by atoms with Gasteiger partial charge in [-0.25, -0.2) is 0 Å². The molecule has 6 heteroatoms. The number of hydrogen-bond donors (Lipinski definition) is 1. The first-order chi connectivity index (χ1) is 8.15. The predicted octanol–water partition coefficient (Wildman–Crippen LogP) is 0.115. The molecule has 0 aliphatic carbocycles. The Morgan fingerprint density at radius 3 is 2.94 bits per heavy atom. The van der Waals surface area contributed by atoms with Crippen molar-refractivity contribution in [2.75, 3.05) is 33.5 Å².